The molecular weight excluding hydrogens is 302 g/mol. The van der Waals surface area contributed by atoms with E-state index in [0.717, 1.165) is 44.7 Å². The summed E-state index contributed by atoms with van der Waals surface area (Å²) in [7, 11) is 0. The van der Waals surface area contributed by atoms with Gasteiger partial charge in [0.25, 0.3) is 0 Å². The average molecular weight is 323 g/mol. The predicted octanol–water partition coefficient (Wildman–Crippen LogP) is 0.880. The number of carbonyl (C=O) groups excluding carboxylic acids is 2. The standard InChI is InChI=1S/C14H21N5O2S/c1-10-9-22-13(16-10)17-12(20)8-18-5-2-11(3-6-18)19-7-4-15-14(19)21/h9,11H,2-8H2,1H3,(H,15,21)(H,16,17,20). The van der Waals surface area contributed by atoms with Crippen molar-refractivity contribution in [2.24, 2.45) is 0 Å². The molecule has 1 aromatic rings. The van der Waals surface area contributed by atoms with E-state index in [4.69, 9.17) is 0 Å². The lowest BCUT2D eigenvalue weighted by atomic mass is 10.0. The molecule has 0 atom stereocenters. The molecule has 2 aliphatic rings. The zero-order chi connectivity index (χ0) is 15.5. The molecule has 2 aliphatic heterocycles. The van der Waals surface area contributed by atoms with E-state index in [2.05, 4.69) is 20.5 Å². The van der Waals surface area contributed by atoms with Crippen molar-refractivity contribution >= 4 is 28.4 Å². The number of urea groups is 1. The van der Waals surface area contributed by atoms with Gasteiger partial charge in [0.1, 0.15) is 0 Å². The summed E-state index contributed by atoms with van der Waals surface area (Å²) >= 11 is 1.44. The second-order valence-corrected chi connectivity index (χ2v) is 6.63. The van der Waals surface area contributed by atoms with Crippen LogP contribution in [0.5, 0.6) is 0 Å². The van der Waals surface area contributed by atoms with Crippen molar-refractivity contribution < 1.29 is 9.59 Å². The van der Waals surface area contributed by atoms with E-state index in [-0.39, 0.29) is 11.9 Å². The summed E-state index contributed by atoms with van der Waals surface area (Å²) in [5, 5.41) is 8.26. The van der Waals surface area contributed by atoms with E-state index < -0.39 is 0 Å². The van der Waals surface area contributed by atoms with Gasteiger partial charge in [-0.1, -0.05) is 0 Å². The number of nitrogens with one attached hydrogen (secondary N) is 2. The molecule has 0 radical (unpaired) electrons. The maximum absolute atomic E-state index is 12.0. The van der Waals surface area contributed by atoms with Gasteiger partial charge in [-0.05, 0) is 19.8 Å². The molecule has 3 amide bonds. The Hall–Kier alpha value is -1.67. The zero-order valence-corrected chi connectivity index (χ0v) is 13.5. The first kappa shape index (κ1) is 15.2. The average Bonchev–Trinajstić information content (AvgIpc) is 3.08. The zero-order valence-electron chi connectivity index (χ0n) is 12.7. The van der Waals surface area contributed by atoms with Crippen LogP contribution >= 0.6 is 11.3 Å². The van der Waals surface area contributed by atoms with Crippen molar-refractivity contribution in [2.75, 3.05) is 38.0 Å². The molecule has 0 spiro atoms. The lowest BCUT2D eigenvalue weighted by Gasteiger charge is -2.35. The highest BCUT2D eigenvalue weighted by atomic mass is 32.1. The second kappa shape index (κ2) is 6.62. The Morgan fingerprint density at radius 2 is 2.23 bits per heavy atom. The first-order valence-corrected chi connectivity index (χ1v) is 8.48. The number of amides is 3. The fraction of sp³-hybridized carbons (Fsp3) is 0.643. The molecular formula is C14H21N5O2S. The van der Waals surface area contributed by atoms with Crippen LogP contribution in [0.3, 0.4) is 0 Å². The second-order valence-electron chi connectivity index (χ2n) is 5.77. The van der Waals surface area contributed by atoms with E-state index in [1.807, 2.05) is 17.2 Å². The number of piperidine rings is 1. The van der Waals surface area contributed by atoms with E-state index in [0.29, 0.717) is 17.7 Å². The van der Waals surface area contributed by atoms with Crippen LogP contribution in [0.15, 0.2) is 5.38 Å². The topological polar surface area (TPSA) is 77.6 Å². The molecule has 0 bridgehead atoms. The first-order chi connectivity index (χ1) is 10.6. The molecule has 2 N–H and O–H groups in total. The minimum Gasteiger partial charge on any atom is -0.336 e. The molecule has 3 rings (SSSR count). The van der Waals surface area contributed by atoms with Gasteiger partial charge in [-0.3, -0.25) is 9.69 Å². The summed E-state index contributed by atoms with van der Waals surface area (Å²) in [6, 6.07) is 0.360. The quantitative estimate of drug-likeness (QED) is 0.862. The van der Waals surface area contributed by atoms with Gasteiger partial charge in [-0.2, -0.15) is 0 Å². The van der Waals surface area contributed by atoms with Crippen LogP contribution in [-0.4, -0.2) is 65.5 Å². The van der Waals surface area contributed by atoms with Gasteiger partial charge in [-0.25, -0.2) is 9.78 Å². The van der Waals surface area contributed by atoms with Gasteiger partial charge in [0, 0.05) is 37.6 Å². The molecule has 0 unspecified atom stereocenters. The summed E-state index contributed by atoms with van der Waals surface area (Å²) < 4.78 is 0. The Kier molecular flexibility index (Phi) is 4.58. The van der Waals surface area contributed by atoms with Crippen LogP contribution in [0.25, 0.3) is 0 Å². The minimum atomic E-state index is -0.0216. The minimum absolute atomic E-state index is 0.0216. The highest BCUT2D eigenvalue weighted by Gasteiger charge is 2.30. The van der Waals surface area contributed by atoms with Crippen molar-refractivity contribution in [3.8, 4) is 0 Å². The summed E-state index contributed by atoms with van der Waals surface area (Å²) in [4.78, 5) is 32.0. The number of anilines is 1. The number of likely N-dealkylation sites (tertiary alicyclic amines) is 1. The largest absolute Gasteiger partial charge is 0.336 e. The normalized spacial score (nSPS) is 20.2. The maximum atomic E-state index is 12.0. The van der Waals surface area contributed by atoms with Gasteiger partial charge < -0.3 is 15.5 Å². The third-order valence-corrected chi connectivity index (χ3v) is 5.00. The van der Waals surface area contributed by atoms with Gasteiger partial charge in [0.15, 0.2) is 5.13 Å². The van der Waals surface area contributed by atoms with Gasteiger partial charge >= 0.3 is 6.03 Å². The molecule has 0 aliphatic carbocycles. The molecule has 3 heterocycles. The van der Waals surface area contributed by atoms with Crippen LogP contribution in [-0.2, 0) is 4.79 Å². The van der Waals surface area contributed by atoms with Gasteiger partial charge in [0.2, 0.25) is 5.91 Å². The summed E-state index contributed by atoms with van der Waals surface area (Å²) in [5.74, 6) is -0.0216. The molecule has 0 aromatic carbocycles. The van der Waals surface area contributed by atoms with Crippen molar-refractivity contribution in [2.45, 2.75) is 25.8 Å². The number of hydrogen-bond acceptors (Lipinski definition) is 5. The molecule has 2 saturated heterocycles. The molecule has 8 heteroatoms. The lowest BCUT2D eigenvalue weighted by Crippen LogP contribution is -2.47. The fourth-order valence-corrected chi connectivity index (χ4v) is 3.70. The number of carbonyl (C=O) groups is 2. The predicted molar refractivity (Wildman–Crippen MR) is 85.0 cm³/mol. The molecule has 22 heavy (non-hydrogen) atoms. The number of nitrogens with zero attached hydrogens (tertiary/aromatic N) is 3. The third kappa shape index (κ3) is 3.56. The van der Waals surface area contributed by atoms with E-state index >= 15 is 0 Å². The van der Waals surface area contributed by atoms with Gasteiger partial charge in [-0.15, -0.1) is 11.3 Å². The molecule has 2 fully saturated rings. The molecule has 1 aromatic heterocycles. The Morgan fingerprint density at radius 3 is 2.82 bits per heavy atom. The Labute approximate surface area is 133 Å². The monoisotopic (exact) mass is 323 g/mol. The Morgan fingerprint density at radius 1 is 1.45 bits per heavy atom. The third-order valence-electron chi connectivity index (χ3n) is 4.12. The highest BCUT2D eigenvalue weighted by molar-refractivity contribution is 7.13. The number of aromatic nitrogens is 1. The Balaban J connectivity index is 1.43. The van der Waals surface area contributed by atoms with Crippen molar-refractivity contribution in [1.82, 2.24) is 20.1 Å². The maximum Gasteiger partial charge on any atom is 0.317 e. The SMILES string of the molecule is Cc1csc(NC(=O)CN2CCC(N3CCNC3=O)CC2)n1. The highest BCUT2D eigenvalue weighted by Crippen LogP contribution is 2.19. The summed E-state index contributed by atoms with van der Waals surface area (Å²) in [6.45, 7) is 5.53. The van der Waals surface area contributed by atoms with Crippen LogP contribution in [0.1, 0.15) is 18.5 Å². The van der Waals surface area contributed by atoms with Crippen molar-refractivity contribution in [1.29, 1.82) is 0 Å². The van der Waals surface area contributed by atoms with Crippen LogP contribution in [0.2, 0.25) is 0 Å². The van der Waals surface area contributed by atoms with E-state index in [1.165, 1.54) is 11.3 Å². The summed E-state index contributed by atoms with van der Waals surface area (Å²) in [5.41, 5.74) is 0.921. The fourth-order valence-electron chi connectivity index (χ4n) is 3.00. The number of aryl methyl sites for hydroxylation is 1. The smallest absolute Gasteiger partial charge is 0.317 e. The van der Waals surface area contributed by atoms with Crippen molar-refractivity contribution in [3.63, 3.8) is 0 Å². The molecule has 7 nitrogen and oxygen atoms in total. The lowest BCUT2D eigenvalue weighted by molar-refractivity contribution is -0.117. The van der Waals surface area contributed by atoms with Crippen molar-refractivity contribution in [3.05, 3.63) is 11.1 Å². The van der Waals surface area contributed by atoms with Crippen LogP contribution in [0.4, 0.5) is 9.93 Å². The first-order valence-electron chi connectivity index (χ1n) is 7.60. The molecule has 120 valence electrons. The van der Waals surface area contributed by atoms with Gasteiger partial charge in [0.05, 0.1) is 12.2 Å². The summed E-state index contributed by atoms with van der Waals surface area (Å²) in [6.07, 6.45) is 1.86. The molecule has 0 saturated carbocycles. The number of rotatable bonds is 4. The van der Waals surface area contributed by atoms with E-state index in [9.17, 15) is 9.59 Å². The van der Waals surface area contributed by atoms with Crippen LogP contribution in [0, 0.1) is 6.92 Å². The van der Waals surface area contributed by atoms with E-state index in [1.54, 1.807) is 0 Å². The Bertz CT molecular complexity index is 553. The number of thiazole rings is 1. The van der Waals surface area contributed by atoms with Crippen LogP contribution < -0.4 is 10.6 Å². The number of hydrogen-bond donors (Lipinski definition) is 2.